The summed E-state index contributed by atoms with van der Waals surface area (Å²) in [6, 6.07) is 11.1. The van der Waals surface area contributed by atoms with Crippen molar-refractivity contribution >= 4 is 15.7 Å². The Hall–Kier alpha value is -2.41. The van der Waals surface area contributed by atoms with Crippen LogP contribution in [0.2, 0.25) is 0 Å². The molecule has 2 aromatic rings. The van der Waals surface area contributed by atoms with Gasteiger partial charge in [-0.1, -0.05) is 6.07 Å². The van der Waals surface area contributed by atoms with E-state index in [1.54, 1.807) is 30.3 Å². The lowest BCUT2D eigenvalue weighted by molar-refractivity contribution is 0.405. The van der Waals surface area contributed by atoms with Crippen LogP contribution in [0.3, 0.4) is 0 Å². The van der Waals surface area contributed by atoms with Crippen LogP contribution in [0.5, 0.6) is 17.2 Å². The van der Waals surface area contributed by atoms with Crippen LogP contribution in [0.1, 0.15) is 0 Å². The third-order valence-corrected chi connectivity index (χ3v) is 4.37. The number of benzene rings is 2. The molecule has 0 fully saturated rings. The van der Waals surface area contributed by atoms with Crippen molar-refractivity contribution in [1.82, 2.24) is 0 Å². The van der Waals surface area contributed by atoms with Gasteiger partial charge in [0.25, 0.3) is 10.0 Å². The fraction of sp³-hybridized carbons (Fsp3) is 0.200. The van der Waals surface area contributed by atoms with Crippen molar-refractivity contribution in [3.05, 3.63) is 42.5 Å². The van der Waals surface area contributed by atoms with E-state index in [0.29, 0.717) is 22.9 Å². The molecule has 2 aromatic carbocycles. The van der Waals surface area contributed by atoms with E-state index in [1.807, 2.05) is 0 Å². The maximum Gasteiger partial charge on any atom is 0.262 e. The van der Waals surface area contributed by atoms with Crippen molar-refractivity contribution in [2.24, 2.45) is 0 Å². The predicted molar refractivity (Wildman–Crippen MR) is 83.3 cm³/mol. The number of methoxy groups -OCH3 is 3. The smallest absolute Gasteiger partial charge is 0.262 e. The molecule has 118 valence electrons. The summed E-state index contributed by atoms with van der Waals surface area (Å²) < 4.78 is 42.8. The largest absolute Gasteiger partial charge is 0.497 e. The molecular formula is C15H17NO5S. The van der Waals surface area contributed by atoms with Crippen molar-refractivity contribution in [1.29, 1.82) is 0 Å². The molecule has 7 heteroatoms. The van der Waals surface area contributed by atoms with Crippen LogP contribution in [-0.2, 0) is 10.0 Å². The van der Waals surface area contributed by atoms with Crippen LogP contribution in [-0.4, -0.2) is 29.7 Å². The standard InChI is InChI=1S/C15H17NO5S/c1-19-11-5-4-6-13(9-11)22(17,18)16-14-10-12(20-2)7-8-15(14)21-3/h4-10,16H,1-3H3. The fourth-order valence-corrected chi connectivity index (χ4v) is 2.96. The number of ether oxygens (including phenoxy) is 3. The summed E-state index contributed by atoms with van der Waals surface area (Å²) in [5.74, 6) is 1.37. The maximum absolute atomic E-state index is 12.5. The molecule has 6 nitrogen and oxygen atoms in total. The average Bonchev–Trinajstić information content (AvgIpc) is 2.54. The monoisotopic (exact) mass is 323 g/mol. The van der Waals surface area contributed by atoms with Gasteiger partial charge in [0.05, 0.1) is 31.9 Å². The average molecular weight is 323 g/mol. The minimum absolute atomic E-state index is 0.0942. The van der Waals surface area contributed by atoms with E-state index in [0.717, 1.165) is 0 Å². The molecule has 0 amide bonds. The van der Waals surface area contributed by atoms with Crippen LogP contribution >= 0.6 is 0 Å². The summed E-state index contributed by atoms with van der Waals surface area (Å²) in [4.78, 5) is 0.0942. The number of nitrogens with one attached hydrogen (secondary N) is 1. The molecule has 0 radical (unpaired) electrons. The fourth-order valence-electron chi connectivity index (χ4n) is 1.87. The number of anilines is 1. The molecule has 0 spiro atoms. The van der Waals surface area contributed by atoms with E-state index >= 15 is 0 Å². The molecule has 0 aliphatic carbocycles. The van der Waals surface area contributed by atoms with Gasteiger partial charge < -0.3 is 14.2 Å². The molecular weight excluding hydrogens is 306 g/mol. The molecule has 1 N–H and O–H groups in total. The van der Waals surface area contributed by atoms with Crippen molar-refractivity contribution < 1.29 is 22.6 Å². The van der Waals surface area contributed by atoms with Gasteiger partial charge in [0.15, 0.2) is 0 Å². The highest BCUT2D eigenvalue weighted by Gasteiger charge is 2.17. The lowest BCUT2D eigenvalue weighted by Gasteiger charge is -2.13. The molecule has 0 saturated carbocycles. The van der Waals surface area contributed by atoms with Crippen LogP contribution in [0.15, 0.2) is 47.4 Å². The van der Waals surface area contributed by atoms with Gasteiger partial charge in [-0.15, -0.1) is 0 Å². The summed E-state index contributed by atoms with van der Waals surface area (Å²) in [7, 11) is 0.673. The SMILES string of the molecule is COc1cccc(S(=O)(=O)Nc2cc(OC)ccc2OC)c1. The van der Waals surface area contributed by atoms with Crippen LogP contribution < -0.4 is 18.9 Å². The van der Waals surface area contributed by atoms with E-state index in [2.05, 4.69) is 4.72 Å². The van der Waals surface area contributed by atoms with Gasteiger partial charge >= 0.3 is 0 Å². The summed E-state index contributed by atoms with van der Waals surface area (Å²) >= 11 is 0. The Bertz CT molecular complexity index is 758. The number of rotatable bonds is 6. The van der Waals surface area contributed by atoms with Gasteiger partial charge in [-0.25, -0.2) is 8.42 Å². The van der Waals surface area contributed by atoms with Gasteiger partial charge in [-0.05, 0) is 24.3 Å². The van der Waals surface area contributed by atoms with E-state index < -0.39 is 10.0 Å². The van der Waals surface area contributed by atoms with Gasteiger partial charge in [0.2, 0.25) is 0 Å². The van der Waals surface area contributed by atoms with Crippen LogP contribution in [0.25, 0.3) is 0 Å². The molecule has 0 atom stereocenters. The minimum Gasteiger partial charge on any atom is -0.497 e. The summed E-state index contributed by atoms with van der Waals surface area (Å²) in [6.45, 7) is 0. The Morgan fingerprint density at radius 3 is 2.18 bits per heavy atom. The number of sulfonamides is 1. The highest BCUT2D eigenvalue weighted by atomic mass is 32.2. The number of hydrogen-bond donors (Lipinski definition) is 1. The molecule has 0 bridgehead atoms. The highest BCUT2D eigenvalue weighted by molar-refractivity contribution is 7.92. The number of hydrogen-bond acceptors (Lipinski definition) is 5. The van der Waals surface area contributed by atoms with Crippen LogP contribution in [0, 0.1) is 0 Å². The second-order valence-electron chi connectivity index (χ2n) is 4.35. The third-order valence-electron chi connectivity index (χ3n) is 3.00. The topological polar surface area (TPSA) is 73.9 Å². The summed E-state index contributed by atoms with van der Waals surface area (Å²) in [5, 5.41) is 0. The Morgan fingerprint density at radius 2 is 1.55 bits per heavy atom. The zero-order valence-corrected chi connectivity index (χ0v) is 13.3. The predicted octanol–water partition coefficient (Wildman–Crippen LogP) is 2.51. The molecule has 0 unspecified atom stereocenters. The Morgan fingerprint density at radius 1 is 0.864 bits per heavy atom. The van der Waals surface area contributed by atoms with Crippen molar-refractivity contribution in [2.45, 2.75) is 4.90 Å². The molecule has 22 heavy (non-hydrogen) atoms. The summed E-state index contributed by atoms with van der Waals surface area (Å²) in [6.07, 6.45) is 0. The first-order chi connectivity index (χ1) is 10.5. The van der Waals surface area contributed by atoms with E-state index in [1.165, 1.54) is 33.5 Å². The third kappa shape index (κ3) is 3.43. The quantitative estimate of drug-likeness (QED) is 0.884. The first-order valence-electron chi connectivity index (χ1n) is 6.39. The Labute approximate surface area is 129 Å². The van der Waals surface area contributed by atoms with E-state index in [9.17, 15) is 8.42 Å². The second-order valence-corrected chi connectivity index (χ2v) is 6.03. The normalized spacial score (nSPS) is 10.9. The van der Waals surface area contributed by atoms with Crippen LogP contribution in [0.4, 0.5) is 5.69 Å². The Balaban J connectivity index is 2.39. The van der Waals surface area contributed by atoms with E-state index in [4.69, 9.17) is 14.2 Å². The molecule has 0 saturated heterocycles. The molecule has 0 aromatic heterocycles. The van der Waals surface area contributed by atoms with Crippen molar-refractivity contribution in [2.75, 3.05) is 26.1 Å². The maximum atomic E-state index is 12.5. The Kier molecular flexibility index (Phi) is 4.77. The zero-order chi connectivity index (χ0) is 16.2. The molecule has 0 aliphatic heterocycles. The molecule has 2 rings (SSSR count). The van der Waals surface area contributed by atoms with Gasteiger partial charge in [0, 0.05) is 12.1 Å². The first-order valence-corrected chi connectivity index (χ1v) is 7.87. The second kappa shape index (κ2) is 6.57. The van der Waals surface area contributed by atoms with Gasteiger partial charge in [-0.3, -0.25) is 4.72 Å². The first kappa shape index (κ1) is 16.0. The molecule has 0 heterocycles. The van der Waals surface area contributed by atoms with E-state index in [-0.39, 0.29) is 4.90 Å². The summed E-state index contributed by atoms with van der Waals surface area (Å²) in [5.41, 5.74) is 0.296. The lowest BCUT2D eigenvalue weighted by Crippen LogP contribution is -2.13. The van der Waals surface area contributed by atoms with Gasteiger partial charge in [0.1, 0.15) is 17.2 Å². The van der Waals surface area contributed by atoms with Crippen molar-refractivity contribution in [3.8, 4) is 17.2 Å². The zero-order valence-electron chi connectivity index (χ0n) is 12.5. The highest BCUT2D eigenvalue weighted by Crippen LogP contribution is 2.31. The van der Waals surface area contributed by atoms with Gasteiger partial charge in [-0.2, -0.15) is 0 Å². The molecule has 0 aliphatic rings. The lowest BCUT2D eigenvalue weighted by atomic mass is 10.3. The van der Waals surface area contributed by atoms with Crippen molar-refractivity contribution in [3.63, 3.8) is 0 Å². The minimum atomic E-state index is -3.77.